The SMILES string of the molecule is CN=C(NCC1CCCC1O)NC1CCCC1.I. The number of hydrogen-bond acceptors (Lipinski definition) is 2. The molecular weight excluding hydrogens is 341 g/mol. The Labute approximate surface area is 127 Å². The molecule has 0 bridgehead atoms. The first-order valence-corrected chi connectivity index (χ1v) is 6.95. The van der Waals surface area contributed by atoms with Gasteiger partial charge in [-0.3, -0.25) is 4.99 Å². The van der Waals surface area contributed by atoms with Crippen LogP contribution in [-0.2, 0) is 0 Å². The van der Waals surface area contributed by atoms with Crippen LogP contribution in [0.25, 0.3) is 0 Å². The number of hydrogen-bond donors (Lipinski definition) is 3. The highest BCUT2D eigenvalue weighted by Crippen LogP contribution is 2.24. The number of aliphatic hydroxyl groups is 1. The zero-order valence-corrected chi connectivity index (χ0v) is 13.5. The zero-order chi connectivity index (χ0) is 12.1. The van der Waals surface area contributed by atoms with Crippen molar-refractivity contribution in [2.24, 2.45) is 10.9 Å². The van der Waals surface area contributed by atoms with E-state index in [4.69, 9.17) is 0 Å². The van der Waals surface area contributed by atoms with E-state index in [0.29, 0.717) is 12.0 Å². The number of aliphatic imine (C=N–C) groups is 1. The molecule has 2 aliphatic carbocycles. The summed E-state index contributed by atoms with van der Waals surface area (Å²) in [6.07, 6.45) is 8.30. The molecular formula is C13H26IN3O. The van der Waals surface area contributed by atoms with Gasteiger partial charge in [0.2, 0.25) is 0 Å². The Balaban J connectivity index is 0.00000162. The third-order valence-corrected chi connectivity index (χ3v) is 4.07. The second kappa shape index (κ2) is 8.19. The molecule has 2 unspecified atom stereocenters. The number of guanidine groups is 1. The highest BCUT2D eigenvalue weighted by molar-refractivity contribution is 14.0. The van der Waals surface area contributed by atoms with Gasteiger partial charge in [0.15, 0.2) is 5.96 Å². The maximum absolute atomic E-state index is 9.76. The minimum absolute atomic E-state index is 0. The quantitative estimate of drug-likeness (QED) is 0.406. The molecule has 0 saturated heterocycles. The molecule has 106 valence electrons. The molecule has 0 aromatic carbocycles. The largest absolute Gasteiger partial charge is 0.393 e. The van der Waals surface area contributed by atoms with Crippen molar-refractivity contribution in [2.45, 2.75) is 57.1 Å². The average molecular weight is 367 g/mol. The molecule has 0 aromatic rings. The van der Waals surface area contributed by atoms with Crippen LogP contribution >= 0.6 is 24.0 Å². The van der Waals surface area contributed by atoms with Gasteiger partial charge in [0.05, 0.1) is 6.10 Å². The molecule has 2 saturated carbocycles. The predicted octanol–water partition coefficient (Wildman–Crippen LogP) is 1.87. The van der Waals surface area contributed by atoms with E-state index in [1.807, 2.05) is 7.05 Å². The Morgan fingerprint density at radius 3 is 2.44 bits per heavy atom. The number of rotatable bonds is 3. The number of aliphatic hydroxyl groups excluding tert-OH is 1. The first-order valence-electron chi connectivity index (χ1n) is 6.95. The van der Waals surface area contributed by atoms with Crippen molar-refractivity contribution in [1.29, 1.82) is 0 Å². The normalized spacial score (nSPS) is 29.1. The zero-order valence-electron chi connectivity index (χ0n) is 11.2. The molecule has 4 nitrogen and oxygen atoms in total. The van der Waals surface area contributed by atoms with Gasteiger partial charge in [-0.25, -0.2) is 0 Å². The van der Waals surface area contributed by atoms with Gasteiger partial charge in [0, 0.05) is 25.6 Å². The molecule has 0 spiro atoms. The predicted molar refractivity (Wildman–Crippen MR) is 85.5 cm³/mol. The summed E-state index contributed by atoms with van der Waals surface area (Å²) in [6, 6.07) is 0.592. The molecule has 2 atom stereocenters. The van der Waals surface area contributed by atoms with Crippen molar-refractivity contribution in [1.82, 2.24) is 10.6 Å². The summed E-state index contributed by atoms with van der Waals surface area (Å²) < 4.78 is 0. The first kappa shape index (κ1) is 16.0. The smallest absolute Gasteiger partial charge is 0.191 e. The summed E-state index contributed by atoms with van der Waals surface area (Å²) in [5.74, 6) is 1.30. The topological polar surface area (TPSA) is 56.7 Å². The summed E-state index contributed by atoms with van der Waals surface area (Å²) in [5.41, 5.74) is 0. The fraction of sp³-hybridized carbons (Fsp3) is 0.923. The van der Waals surface area contributed by atoms with Crippen LogP contribution in [0.1, 0.15) is 44.9 Å². The minimum Gasteiger partial charge on any atom is -0.393 e. The second-order valence-corrected chi connectivity index (χ2v) is 5.34. The number of nitrogens with one attached hydrogen (secondary N) is 2. The van der Waals surface area contributed by atoms with Crippen molar-refractivity contribution in [3.63, 3.8) is 0 Å². The van der Waals surface area contributed by atoms with Crippen LogP contribution in [-0.4, -0.2) is 36.8 Å². The van der Waals surface area contributed by atoms with Crippen LogP contribution in [0.2, 0.25) is 0 Å². The molecule has 0 radical (unpaired) electrons. The van der Waals surface area contributed by atoms with Crippen LogP contribution in [0.5, 0.6) is 0 Å². The summed E-state index contributed by atoms with van der Waals surface area (Å²) in [6.45, 7) is 0.841. The molecule has 2 rings (SSSR count). The molecule has 0 aromatic heterocycles. The van der Waals surface area contributed by atoms with Crippen LogP contribution in [0.3, 0.4) is 0 Å². The van der Waals surface area contributed by atoms with Crippen molar-refractivity contribution in [3.8, 4) is 0 Å². The average Bonchev–Trinajstić information content (AvgIpc) is 2.96. The molecule has 0 amide bonds. The Kier molecular flexibility index (Phi) is 7.29. The standard InChI is InChI=1S/C13H25N3O.HI/c1-14-13(16-11-6-2-3-7-11)15-9-10-5-4-8-12(10)17;/h10-12,17H,2-9H2,1H3,(H2,14,15,16);1H. The van der Waals surface area contributed by atoms with Gasteiger partial charge in [0.1, 0.15) is 0 Å². The monoisotopic (exact) mass is 367 g/mol. The van der Waals surface area contributed by atoms with Crippen LogP contribution in [0.15, 0.2) is 4.99 Å². The molecule has 2 fully saturated rings. The summed E-state index contributed by atoms with van der Waals surface area (Å²) in [7, 11) is 1.81. The molecule has 18 heavy (non-hydrogen) atoms. The third kappa shape index (κ3) is 4.57. The van der Waals surface area contributed by atoms with Gasteiger partial charge in [-0.1, -0.05) is 19.3 Å². The number of nitrogens with zero attached hydrogens (tertiary/aromatic N) is 1. The molecule has 3 N–H and O–H groups in total. The summed E-state index contributed by atoms with van der Waals surface area (Å²) >= 11 is 0. The van der Waals surface area contributed by atoms with Crippen molar-refractivity contribution < 1.29 is 5.11 Å². The Morgan fingerprint density at radius 1 is 1.17 bits per heavy atom. The lowest BCUT2D eigenvalue weighted by Gasteiger charge is -2.20. The van der Waals surface area contributed by atoms with Crippen molar-refractivity contribution in [3.05, 3.63) is 0 Å². The minimum atomic E-state index is -0.118. The maximum Gasteiger partial charge on any atom is 0.191 e. The summed E-state index contributed by atoms with van der Waals surface area (Å²) in [4.78, 5) is 4.25. The second-order valence-electron chi connectivity index (χ2n) is 5.34. The first-order chi connectivity index (χ1) is 8.29. The van der Waals surface area contributed by atoms with Crippen LogP contribution in [0, 0.1) is 5.92 Å². The molecule has 2 aliphatic rings. The van der Waals surface area contributed by atoms with E-state index in [0.717, 1.165) is 31.8 Å². The van der Waals surface area contributed by atoms with Gasteiger partial charge in [0.25, 0.3) is 0 Å². The lowest BCUT2D eigenvalue weighted by Crippen LogP contribution is -2.44. The Bertz CT molecular complexity index is 267. The van der Waals surface area contributed by atoms with Crippen molar-refractivity contribution >= 4 is 29.9 Å². The number of halogens is 1. The highest BCUT2D eigenvalue weighted by atomic mass is 127. The van der Waals surface area contributed by atoms with Crippen molar-refractivity contribution in [2.75, 3.05) is 13.6 Å². The summed E-state index contributed by atoms with van der Waals surface area (Å²) in [5, 5.41) is 16.6. The van der Waals surface area contributed by atoms with E-state index < -0.39 is 0 Å². The van der Waals surface area contributed by atoms with E-state index in [2.05, 4.69) is 15.6 Å². The Hall–Kier alpha value is -0.0400. The Morgan fingerprint density at radius 2 is 1.89 bits per heavy atom. The van der Waals surface area contributed by atoms with Gasteiger partial charge >= 0.3 is 0 Å². The van der Waals surface area contributed by atoms with E-state index in [-0.39, 0.29) is 30.1 Å². The maximum atomic E-state index is 9.76. The van der Waals surface area contributed by atoms with E-state index in [9.17, 15) is 5.11 Å². The van der Waals surface area contributed by atoms with E-state index in [1.54, 1.807) is 0 Å². The lowest BCUT2D eigenvalue weighted by molar-refractivity contribution is 0.134. The molecule has 5 heteroatoms. The van der Waals surface area contributed by atoms with Gasteiger partial charge in [-0.05, 0) is 25.7 Å². The third-order valence-electron chi connectivity index (χ3n) is 4.07. The van der Waals surface area contributed by atoms with E-state index >= 15 is 0 Å². The highest BCUT2D eigenvalue weighted by Gasteiger charge is 2.25. The van der Waals surface area contributed by atoms with Gasteiger partial charge < -0.3 is 15.7 Å². The van der Waals surface area contributed by atoms with E-state index in [1.165, 1.54) is 25.7 Å². The molecule has 0 aliphatic heterocycles. The lowest BCUT2D eigenvalue weighted by atomic mass is 10.1. The fourth-order valence-corrected chi connectivity index (χ4v) is 2.94. The fourth-order valence-electron chi connectivity index (χ4n) is 2.94. The van der Waals surface area contributed by atoms with Gasteiger partial charge in [-0.15, -0.1) is 24.0 Å². The van der Waals surface area contributed by atoms with Crippen LogP contribution in [0.4, 0.5) is 0 Å². The van der Waals surface area contributed by atoms with Gasteiger partial charge in [-0.2, -0.15) is 0 Å². The van der Waals surface area contributed by atoms with Crippen LogP contribution < -0.4 is 10.6 Å². The molecule has 0 heterocycles.